The highest BCUT2D eigenvalue weighted by Gasteiger charge is 2.50. The number of rotatable bonds is 6. The summed E-state index contributed by atoms with van der Waals surface area (Å²) in [5.74, 6) is -2.49. The van der Waals surface area contributed by atoms with Crippen LogP contribution in [0.4, 0.5) is 11.4 Å². The maximum Gasteiger partial charge on any atom is 0.338 e. The molecule has 1 N–H and O–H groups in total. The van der Waals surface area contributed by atoms with Crippen LogP contribution in [0.5, 0.6) is 0 Å². The molecule has 0 spiro atoms. The highest BCUT2D eigenvalue weighted by Crippen LogP contribution is 2.40. The van der Waals surface area contributed by atoms with Gasteiger partial charge in [0.1, 0.15) is 0 Å². The molecule has 2 aromatic rings. The zero-order valence-corrected chi connectivity index (χ0v) is 18.8. The van der Waals surface area contributed by atoms with Crippen molar-refractivity contribution in [3.63, 3.8) is 0 Å². The second-order valence-electron chi connectivity index (χ2n) is 8.47. The van der Waals surface area contributed by atoms with E-state index in [9.17, 15) is 24.0 Å². The van der Waals surface area contributed by atoms with Gasteiger partial charge >= 0.3 is 5.97 Å². The van der Waals surface area contributed by atoms with Crippen molar-refractivity contribution in [2.45, 2.75) is 20.3 Å². The van der Waals surface area contributed by atoms with E-state index in [-0.39, 0.29) is 40.9 Å². The van der Waals surface area contributed by atoms with Crippen molar-refractivity contribution >= 4 is 40.8 Å². The second kappa shape index (κ2) is 9.43. The van der Waals surface area contributed by atoms with Crippen LogP contribution in [-0.2, 0) is 19.1 Å². The van der Waals surface area contributed by atoms with Crippen molar-refractivity contribution in [1.29, 1.82) is 0 Å². The lowest BCUT2D eigenvalue weighted by Crippen LogP contribution is -2.31. The molecular formula is C26H24N2O6. The molecule has 8 heteroatoms. The van der Waals surface area contributed by atoms with E-state index in [4.69, 9.17) is 4.74 Å². The maximum absolute atomic E-state index is 12.9. The minimum Gasteiger partial charge on any atom is -0.452 e. The molecule has 4 rings (SSSR count). The Kier molecular flexibility index (Phi) is 6.40. The number of ketones is 1. The van der Waals surface area contributed by atoms with E-state index in [2.05, 4.69) is 5.32 Å². The first-order valence-electron chi connectivity index (χ1n) is 11.0. The molecule has 0 saturated carbocycles. The van der Waals surface area contributed by atoms with E-state index < -0.39 is 18.5 Å². The highest BCUT2D eigenvalue weighted by molar-refractivity contribution is 6.22. The van der Waals surface area contributed by atoms with Crippen LogP contribution in [0.3, 0.4) is 0 Å². The smallest absolute Gasteiger partial charge is 0.338 e. The number of esters is 1. The van der Waals surface area contributed by atoms with Gasteiger partial charge in [0, 0.05) is 11.3 Å². The molecule has 2 aromatic carbocycles. The van der Waals surface area contributed by atoms with Crippen molar-refractivity contribution in [3.8, 4) is 0 Å². The Labute approximate surface area is 196 Å². The summed E-state index contributed by atoms with van der Waals surface area (Å²) < 4.78 is 5.06. The minimum absolute atomic E-state index is 0.00679. The summed E-state index contributed by atoms with van der Waals surface area (Å²) in [6.45, 7) is 2.88. The van der Waals surface area contributed by atoms with E-state index in [1.165, 1.54) is 36.1 Å². The average Bonchev–Trinajstić information content (AvgIpc) is 3.08. The third-order valence-corrected chi connectivity index (χ3v) is 6.14. The monoisotopic (exact) mass is 460 g/mol. The number of ether oxygens (including phenoxy) is 1. The molecule has 0 bridgehead atoms. The summed E-state index contributed by atoms with van der Waals surface area (Å²) in [6.07, 6.45) is 4.45. The summed E-state index contributed by atoms with van der Waals surface area (Å²) in [5.41, 5.74) is 1.59. The number of benzene rings is 2. The van der Waals surface area contributed by atoms with Gasteiger partial charge in [-0.2, -0.15) is 0 Å². The van der Waals surface area contributed by atoms with Crippen LogP contribution in [-0.4, -0.2) is 36.1 Å². The van der Waals surface area contributed by atoms with Gasteiger partial charge in [0.15, 0.2) is 12.4 Å². The number of carbonyl (C=O) groups excluding carboxylic acids is 5. The van der Waals surface area contributed by atoms with Crippen molar-refractivity contribution < 1.29 is 28.7 Å². The van der Waals surface area contributed by atoms with Crippen LogP contribution >= 0.6 is 0 Å². The number of carbonyl (C=O) groups is 5. The summed E-state index contributed by atoms with van der Waals surface area (Å²) >= 11 is 0. The summed E-state index contributed by atoms with van der Waals surface area (Å²) in [7, 11) is 0. The van der Waals surface area contributed by atoms with Gasteiger partial charge in [0.05, 0.1) is 23.1 Å². The van der Waals surface area contributed by atoms with Gasteiger partial charge in [-0.15, -0.1) is 0 Å². The lowest BCUT2D eigenvalue weighted by Gasteiger charge is -2.22. The van der Waals surface area contributed by atoms with Crippen molar-refractivity contribution in [1.82, 2.24) is 0 Å². The van der Waals surface area contributed by atoms with Gasteiger partial charge in [-0.1, -0.05) is 19.1 Å². The van der Waals surface area contributed by atoms with Gasteiger partial charge in [-0.05, 0) is 67.8 Å². The van der Waals surface area contributed by atoms with Crippen molar-refractivity contribution in [2.24, 2.45) is 17.8 Å². The van der Waals surface area contributed by atoms with E-state index in [1.807, 2.05) is 19.1 Å². The summed E-state index contributed by atoms with van der Waals surface area (Å²) in [5, 5.41) is 2.58. The fourth-order valence-corrected chi connectivity index (χ4v) is 4.35. The molecule has 0 aromatic heterocycles. The third-order valence-electron chi connectivity index (χ3n) is 6.14. The van der Waals surface area contributed by atoms with E-state index >= 15 is 0 Å². The van der Waals surface area contributed by atoms with Crippen molar-refractivity contribution in [2.75, 3.05) is 16.8 Å². The first-order chi connectivity index (χ1) is 16.3. The topological polar surface area (TPSA) is 110 Å². The van der Waals surface area contributed by atoms with E-state index in [0.29, 0.717) is 23.4 Å². The summed E-state index contributed by atoms with van der Waals surface area (Å²) in [4.78, 5) is 62.6. The molecule has 1 fully saturated rings. The molecule has 3 amide bonds. The number of Topliss-reactive ketones (excluding diaryl/α,β-unsaturated/α-hetero) is 1. The Hall–Kier alpha value is -4.07. The summed E-state index contributed by atoms with van der Waals surface area (Å²) in [6, 6.07) is 12.3. The fourth-order valence-electron chi connectivity index (χ4n) is 4.35. The van der Waals surface area contributed by atoms with Crippen LogP contribution in [0.1, 0.15) is 41.0 Å². The number of imide groups is 1. The lowest BCUT2D eigenvalue weighted by atomic mass is 9.78. The zero-order valence-electron chi connectivity index (χ0n) is 18.8. The number of allylic oxidation sites excluding steroid dienone is 2. The van der Waals surface area contributed by atoms with Crippen molar-refractivity contribution in [3.05, 3.63) is 71.8 Å². The van der Waals surface area contributed by atoms with Crippen LogP contribution in [0.2, 0.25) is 0 Å². The van der Waals surface area contributed by atoms with Gasteiger partial charge in [0.25, 0.3) is 5.91 Å². The van der Waals surface area contributed by atoms with Gasteiger partial charge in [0.2, 0.25) is 11.8 Å². The number of nitrogens with one attached hydrogen (secondary N) is 1. The molecule has 2 aliphatic rings. The number of hydrogen-bond donors (Lipinski definition) is 1. The zero-order chi connectivity index (χ0) is 24.4. The normalized spacial score (nSPS) is 21.2. The predicted octanol–water partition coefficient (Wildman–Crippen LogP) is 3.39. The van der Waals surface area contributed by atoms with E-state index in [1.54, 1.807) is 24.3 Å². The first kappa shape index (κ1) is 23.1. The molecular weight excluding hydrogens is 436 g/mol. The molecule has 174 valence electrons. The molecule has 1 aliphatic heterocycles. The Morgan fingerprint density at radius 2 is 1.62 bits per heavy atom. The third kappa shape index (κ3) is 4.52. The number of amides is 3. The predicted molar refractivity (Wildman–Crippen MR) is 124 cm³/mol. The van der Waals surface area contributed by atoms with E-state index in [0.717, 1.165) is 0 Å². The molecule has 34 heavy (non-hydrogen) atoms. The highest BCUT2D eigenvalue weighted by atomic mass is 16.5. The van der Waals surface area contributed by atoms with Crippen LogP contribution in [0, 0.1) is 17.8 Å². The molecule has 0 radical (unpaired) electrons. The van der Waals surface area contributed by atoms with Crippen LogP contribution in [0.15, 0.2) is 60.7 Å². The minimum atomic E-state index is -0.709. The van der Waals surface area contributed by atoms with Crippen LogP contribution in [0.25, 0.3) is 0 Å². The molecule has 8 nitrogen and oxygen atoms in total. The molecule has 1 saturated heterocycles. The largest absolute Gasteiger partial charge is 0.452 e. The standard InChI is InChI=1S/C26H24N2O6/c1-15-4-3-5-21-23(15)25(32)28(24(21)31)20-12-8-18(9-13-20)26(33)34-14-22(30)27-19-10-6-17(7-11-19)16(2)29/h3-4,6-13,15,21,23H,5,14H2,1-2H3,(H,27,30)/t15-,21-,23-/m1/s1. The Bertz CT molecular complexity index is 1180. The molecule has 1 aliphatic carbocycles. The number of anilines is 2. The average molecular weight is 460 g/mol. The SMILES string of the molecule is CC(=O)c1ccc(NC(=O)COC(=O)c2ccc(N3C(=O)[C@@H]4[C@H](C)C=CC[C@H]4C3=O)cc2)cc1. The fraction of sp³-hybridized carbons (Fsp3) is 0.269. The van der Waals surface area contributed by atoms with Gasteiger partial charge in [-0.3, -0.25) is 24.1 Å². The Balaban J connectivity index is 1.34. The molecule has 1 heterocycles. The van der Waals surface area contributed by atoms with Gasteiger partial charge < -0.3 is 10.1 Å². The maximum atomic E-state index is 12.9. The second-order valence-corrected chi connectivity index (χ2v) is 8.47. The molecule has 0 unspecified atom stereocenters. The number of fused-ring (bicyclic) bond motifs is 1. The quantitative estimate of drug-likeness (QED) is 0.306. The lowest BCUT2D eigenvalue weighted by molar-refractivity contribution is -0.123. The first-order valence-corrected chi connectivity index (χ1v) is 11.0. The van der Waals surface area contributed by atoms with Gasteiger partial charge in [-0.25, -0.2) is 4.79 Å². The Morgan fingerprint density at radius 1 is 0.971 bits per heavy atom. The Morgan fingerprint density at radius 3 is 2.24 bits per heavy atom. The number of nitrogens with zero attached hydrogens (tertiary/aromatic N) is 1. The van der Waals surface area contributed by atoms with Crippen LogP contribution < -0.4 is 10.2 Å². The number of hydrogen-bond acceptors (Lipinski definition) is 6. The molecule has 3 atom stereocenters.